The Labute approximate surface area is 105 Å². The molecule has 17 heavy (non-hydrogen) atoms. The number of hydrogen-bond donors (Lipinski definition) is 1. The number of pyridine rings is 1. The topological polar surface area (TPSA) is 68.1 Å². The fourth-order valence-corrected chi connectivity index (χ4v) is 2.29. The van der Waals surface area contributed by atoms with Crippen LogP contribution in [0.3, 0.4) is 0 Å². The molecule has 0 bridgehead atoms. The first-order valence-electron chi connectivity index (χ1n) is 5.54. The van der Waals surface area contributed by atoms with Crippen molar-refractivity contribution >= 4 is 23.3 Å². The Kier molecular flexibility index (Phi) is 5.21. The van der Waals surface area contributed by atoms with Crippen LogP contribution in [-0.4, -0.2) is 22.7 Å². The molecule has 0 saturated carbocycles. The van der Waals surface area contributed by atoms with E-state index in [4.69, 9.17) is 0 Å². The lowest BCUT2D eigenvalue weighted by atomic mass is 10.2. The molecule has 0 fully saturated rings. The quantitative estimate of drug-likeness (QED) is 0.480. The van der Waals surface area contributed by atoms with Gasteiger partial charge in [-0.3, -0.25) is 10.1 Å². The number of hydrogen-bond acceptors (Lipinski definition) is 5. The Balaban J connectivity index is 2.89. The van der Waals surface area contributed by atoms with Gasteiger partial charge in [-0.1, -0.05) is 32.0 Å². The van der Waals surface area contributed by atoms with Crippen LogP contribution in [0.15, 0.2) is 17.2 Å². The van der Waals surface area contributed by atoms with Crippen LogP contribution in [0.2, 0.25) is 0 Å². The highest BCUT2D eigenvalue weighted by Gasteiger charge is 2.16. The van der Waals surface area contributed by atoms with Gasteiger partial charge in [-0.15, -0.1) is 0 Å². The van der Waals surface area contributed by atoms with Gasteiger partial charge in [-0.25, -0.2) is 4.98 Å². The largest absolute Gasteiger partial charge is 0.373 e. The van der Waals surface area contributed by atoms with Gasteiger partial charge in [0.2, 0.25) is 0 Å². The van der Waals surface area contributed by atoms with E-state index in [-0.39, 0.29) is 10.6 Å². The molecular weight excluding hydrogens is 238 g/mol. The Morgan fingerprint density at radius 3 is 2.82 bits per heavy atom. The van der Waals surface area contributed by atoms with Gasteiger partial charge in [-0.2, -0.15) is 0 Å². The van der Waals surface area contributed by atoms with Crippen molar-refractivity contribution in [1.82, 2.24) is 4.98 Å². The minimum atomic E-state index is -0.384. The number of nitrogens with one attached hydrogen (secondary N) is 1. The Bertz CT molecular complexity index is 398. The zero-order valence-electron chi connectivity index (χ0n) is 10.3. The first-order valence-corrected chi connectivity index (χ1v) is 6.53. The van der Waals surface area contributed by atoms with Crippen LogP contribution < -0.4 is 5.32 Å². The summed E-state index contributed by atoms with van der Waals surface area (Å²) < 4.78 is 0. The smallest absolute Gasteiger partial charge is 0.301 e. The normalized spacial score (nSPS) is 12.2. The second kappa shape index (κ2) is 6.44. The van der Waals surface area contributed by atoms with E-state index in [1.165, 1.54) is 17.8 Å². The predicted octanol–water partition coefficient (Wildman–Crippen LogP) is 3.17. The molecule has 1 unspecified atom stereocenters. The molecule has 1 rings (SSSR count). The Hall–Kier alpha value is -1.30. The Morgan fingerprint density at radius 1 is 1.59 bits per heavy atom. The van der Waals surface area contributed by atoms with Gasteiger partial charge < -0.3 is 5.32 Å². The fourth-order valence-electron chi connectivity index (χ4n) is 1.16. The minimum absolute atomic E-state index is 0.0808. The number of nitro groups is 1. The van der Waals surface area contributed by atoms with Crippen molar-refractivity contribution in [3.63, 3.8) is 0 Å². The summed E-state index contributed by atoms with van der Waals surface area (Å²) in [5, 5.41) is 14.2. The molecule has 1 heterocycles. The molecule has 0 aliphatic carbocycles. The first-order chi connectivity index (χ1) is 8.08. The van der Waals surface area contributed by atoms with Gasteiger partial charge in [0.05, 0.1) is 4.92 Å². The van der Waals surface area contributed by atoms with E-state index >= 15 is 0 Å². The maximum atomic E-state index is 10.9. The lowest BCUT2D eigenvalue weighted by molar-refractivity contribution is -0.388. The summed E-state index contributed by atoms with van der Waals surface area (Å²) in [7, 11) is 1.75. The standard InChI is InChI=1S/C11H17N3O2S/c1-4-8(2)7-17-11-9(14(15)16)5-6-10(12-3)13-11/h5-6,8H,4,7H2,1-3H3,(H,12,13). The third kappa shape index (κ3) is 3.89. The summed E-state index contributed by atoms with van der Waals surface area (Å²) in [6.45, 7) is 4.23. The van der Waals surface area contributed by atoms with Crippen LogP contribution in [0.1, 0.15) is 20.3 Å². The number of nitrogens with zero attached hydrogens (tertiary/aromatic N) is 2. The molecule has 0 aliphatic rings. The molecule has 0 spiro atoms. The summed E-state index contributed by atoms with van der Waals surface area (Å²) in [4.78, 5) is 14.7. The summed E-state index contributed by atoms with van der Waals surface area (Å²) in [5.41, 5.74) is 0.0808. The molecule has 0 aliphatic heterocycles. The van der Waals surface area contributed by atoms with E-state index in [0.29, 0.717) is 16.8 Å². The molecule has 94 valence electrons. The zero-order chi connectivity index (χ0) is 12.8. The summed E-state index contributed by atoms with van der Waals surface area (Å²) in [6, 6.07) is 3.11. The van der Waals surface area contributed by atoms with Crippen molar-refractivity contribution in [1.29, 1.82) is 0 Å². The maximum absolute atomic E-state index is 10.9. The van der Waals surface area contributed by atoms with Gasteiger partial charge >= 0.3 is 5.69 Å². The van der Waals surface area contributed by atoms with E-state index < -0.39 is 0 Å². The number of anilines is 1. The number of aromatic nitrogens is 1. The van der Waals surface area contributed by atoms with Crippen LogP contribution in [0, 0.1) is 16.0 Å². The highest BCUT2D eigenvalue weighted by atomic mass is 32.2. The molecule has 0 saturated heterocycles. The monoisotopic (exact) mass is 255 g/mol. The van der Waals surface area contributed by atoms with Crippen LogP contribution >= 0.6 is 11.8 Å². The van der Waals surface area contributed by atoms with Crippen LogP contribution in [0.5, 0.6) is 0 Å². The predicted molar refractivity (Wildman–Crippen MR) is 70.6 cm³/mol. The summed E-state index contributed by atoms with van der Waals surface area (Å²) >= 11 is 1.44. The minimum Gasteiger partial charge on any atom is -0.373 e. The van der Waals surface area contributed by atoms with Crippen molar-refractivity contribution < 1.29 is 4.92 Å². The summed E-state index contributed by atoms with van der Waals surface area (Å²) in [5.74, 6) is 2.03. The fraction of sp³-hybridized carbons (Fsp3) is 0.545. The molecular formula is C11H17N3O2S. The zero-order valence-corrected chi connectivity index (χ0v) is 11.1. The van der Waals surface area contributed by atoms with Crippen molar-refractivity contribution in [2.45, 2.75) is 25.3 Å². The van der Waals surface area contributed by atoms with E-state index in [1.54, 1.807) is 13.1 Å². The van der Waals surface area contributed by atoms with E-state index in [9.17, 15) is 10.1 Å². The molecule has 1 atom stereocenters. The molecule has 1 aromatic heterocycles. The van der Waals surface area contributed by atoms with Crippen LogP contribution in [0.25, 0.3) is 0 Å². The highest BCUT2D eigenvalue weighted by Crippen LogP contribution is 2.30. The molecule has 1 aromatic rings. The second-order valence-electron chi connectivity index (χ2n) is 3.85. The molecule has 0 radical (unpaired) electrons. The molecule has 1 N–H and O–H groups in total. The number of rotatable bonds is 6. The van der Waals surface area contributed by atoms with Gasteiger partial charge in [0.25, 0.3) is 0 Å². The second-order valence-corrected chi connectivity index (χ2v) is 4.86. The summed E-state index contributed by atoms with van der Waals surface area (Å²) in [6.07, 6.45) is 1.06. The average molecular weight is 255 g/mol. The van der Waals surface area contributed by atoms with Crippen LogP contribution in [0.4, 0.5) is 11.5 Å². The van der Waals surface area contributed by atoms with Crippen molar-refractivity contribution in [3.8, 4) is 0 Å². The lowest BCUT2D eigenvalue weighted by Crippen LogP contribution is -2.01. The maximum Gasteiger partial charge on any atom is 0.301 e. The lowest BCUT2D eigenvalue weighted by Gasteiger charge is -2.08. The SMILES string of the molecule is CCC(C)CSc1nc(NC)ccc1[N+](=O)[O-]. The molecule has 6 heteroatoms. The first kappa shape index (κ1) is 13.8. The molecule has 5 nitrogen and oxygen atoms in total. The van der Waals surface area contributed by atoms with Crippen LogP contribution in [-0.2, 0) is 0 Å². The van der Waals surface area contributed by atoms with E-state index in [2.05, 4.69) is 24.1 Å². The van der Waals surface area contributed by atoms with Gasteiger partial charge in [0.15, 0.2) is 5.03 Å². The highest BCUT2D eigenvalue weighted by molar-refractivity contribution is 7.99. The number of thioether (sulfide) groups is 1. The van der Waals surface area contributed by atoms with E-state index in [1.807, 2.05) is 0 Å². The molecule has 0 amide bonds. The van der Waals surface area contributed by atoms with Crippen molar-refractivity contribution in [3.05, 3.63) is 22.2 Å². The van der Waals surface area contributed by atoms with E-state index in [0.717, 1.165) is 12.2 Å². The Morgan fingerprint density at radius 2 is 2.29 bits per heavy atom. The average Bonchev–Trinajstić information content (AvgIpc) is 2.35. The molecule has 0 aromatic carbocycles. The van der Waals surface area contributed by atoms with Crippen molar-refractivity contribution in [2.75, 3.05) is 18.1 Å². The van der Waals surface area contributed by atoms with Gasteiger partial charge in [-0.05, 0) is 12.0 Å². The third-order valence-electron chi connectivity index (χ3n) is 2.49. The van der Waals surface area contributed by atoms with Crippen molar-refractivity contribution in [2.24, 2.45) is 5.92 Å². The van der Waals surface area contributed by atoms with Gasteiger partial charge in [0.1, 0.15) is 5.82 Å². The third-order valence-corrected chi connectivity index (χ3v) is 3.80. The van der Waals surface area contributed by atoms with Gasteiger partial charge in [0, 0.05) is 18.9 Å².